The molecule has 0 saturated carbocycles. The van der Waals surface area contributed by atoms with Gasteiger partial charge >= 0.3 is 5.97 Å². The molecular weight excluding hydrogens is 200 g/mol. The van der Waals surface area contributed by atoms with Gasteiger partial charge in [-0.2, -0.15) is 0 Å². The first-order valence-corrected chi connectivity index (χ1v) is 6.71. The minimum absolute atomic E-state index is 0.201. The smallest absolute Gasteiger partial charge is 0.306 e. The molecule has 0 heterocycles. The predicted octanol–water partition coefficient (Wildman–Crippen LogP) is 4.34. The van der Waals surface area contributed by atoms with Crippen molar-refractivity contribution in [1.29, 1.82) is 0 Å². The molecule has 0 aliphatic rings. The third-order valence-electron chi connectivity index (χ3n) is 3.63. The molecule has 0 bridgehead atoms. The molecule has 0 aromatic heterocycles. The number of rotatable bonds is 9. The standard InChI is InChI=1S/C14H28O2/c1-5-6-7-8-9-11(2)12(3)10-13(4)14(15)16/h11-13H,5-10H2,1-4H3,(H,15,16). The van der Waals surface area contributed by atoms with E-state index >= 15 is 0 Å². The summed E-state index contributed by atoms with van der Waals surface area (Å²) in [5.41, 5.74) is 0. The van der Waals surface area contributed by atoms with Crippen molar-refractivity contribution in [1.82, 2.24) is 0 Å². The van der Waals surface area contributed by atoms with Crippen LogP contribution in [0.15, 0.2) is 0 Å². The molecule has 0 spiro atoms. The number of carboxylic acids is 1. The number of carbonyl (C=O) groups is 1. The molecule has 1 N–H and O–H groups in total. The van der Waals surface area contributed by atoms with Gasteiger partial charge in [-0.05, 0) is 18.3 Å². The number of unbranched alkanes of at least 4 members (excludes halogenated alkanes) is 3. The SMILES string of the molecule is CCCCCCC(C)C(C)CC(C)C(=O)O. The second-order valence-corrected chi connectivity index (χ2v) is 5.28. The topological polar surface area (TPSA) is 37.3 Å². The highest BCUT2D eigenvalue weighted by atomic mass is 16.4. The maximum Gasteiger partial charge on any atom is 0.306 e. The summed E-state index contributed by atoms with van der Waals surface area (Å²) in [7, 11) is 0. The van der Waals surface area contributed by atoms with Gasteiger partial charge in [0.2, 0.25) is 0 Å². The molecule has 2 nitrogen and oxygen atoms in total. The minimum Gasteiger partial charge on any atom is -0.481 e. The van der Waals surface area contributed by atoms with Gasteiger partial charge in [-0.1, -0.05) is 59.8 Å². The molecule has 0 amide bonds. The van der Waals surface area contributed by atoms with Crippen LogP contribution in [0.4, 0.5) is 0 Å². The van der Waals surface area contributed by atoms with Crippen LogP contribution >= 0.6 is 0 Å². The summed E-state index contributed by atoms with van der Waals surface area (Å²) in [6, 6.07) is 0. The molecule has 16 heavy (non-hydrogen) atoms. The largest absolute Gasteiger partial charge is 0.481 e. The van der Waals surface area contributed by atoms with Gasteiger partial charge in [0.15, 0.2) is 0 Å². The lowest BCUT2D eigenvalue weighted by molar-refractivity contribution is -0.141. The average molecular weight is 228 g/mol. The Balaban J connectivity index is 3.72. The molecule has 0 saturated heterocycles. The van der Waals surface area contributed by atoms with E-state index in [4.69, 9.17) is 5.11 Å². The zero-order valence-corrected chi connectivity index (χ0v) is 11.3. The van der Waals surface area contributed by atoms with Crippen LogP contribution < -0.4 is 0 Å². The Labute approximate surface area is 100 Å². The van der Waals surface area contributed by atoms with E-state index in [9.17, 15) is 4.79 Å². The highest BCUT2D eigenvalue weighted by molar-refractivity contribution is 5.69. The van der Waals surface area contributed by atoms with Crippen LogP contribution in [0.1, 0.15) is 66.2 Å². The van der Waals surface area contributed by atoms with E-state index < -0.39 is 5.97 Å². The van der Waals surface area contributed by atoms with Crippen molar-refractivity contribution in [2.75, 3.05) is 0 Å². The van der Waals surface area contributed by atoms with Gasteiger partial charge in [0, 0.05) is 0 Å². The van der Waals surface area contributed by atoms with Crippen LogP contribution in [0.5, 0.6) is 0 Å². The van der Waals surface area contributed by atoms with E-state index in [0.717, 1.165) is 6.42 Å². The Morgan fingerprint density at radius 3 is 2.19 bits per heavy atom. The Bertz CT molecular complexity index is 189. The second kappa shape index (κ2) is 8.60. The molecule has 0 aliphatic carbocycles. The number of hydrogen-bond donors (Lipinski definition) is 1. The van der Waals surface area contributed by atoms with Gasteiger partial charge in [0.1, 0.15) is 0 Å². The zero-order chi connectivity index (χ0) is 12.6. The van der Waals surface area contributed by atoms with Gasteiger partial charge < -0.3 is 5.11 Å². The summed E-state index contributed by atoms with van der Waals surface area (Å²) in [6.45, 7) is 8.47. The second-order valence-electron chi connectivity index (χ2n) is 5.28. The summed E-state index contributed by atoms with van der Waals surface area (Å²) in [5, 5.41) is 8.86. The predicted molar refractivity (Wildman–Crippen MR) is 68.5 cm³/mol. The molecule has 0 radical (unpaired) electrons. The lowest BCUT2D eigenvalue weighted by Gasteiger charge is -2.21. The maximum absolute atomic E-state index is 10.8. The lowest BCUT2D eigenvalue weighted by atomic mass is 9.84. The van der Waals surface area contributed by atoms with Crippen molar-refractivity contribution in [3.63, 3.8) is 0 Å². The first-order valence-electron chi connectivity index (χ1n) is 6.71. The molecule has 3 unspecified atom stereocenters. The molecular formula is C14H28O2. The Morgan fingerprint density at radius 2 is 1.69 bits per heavy atom. The van der Waals surface area contributed by atoms with Crippen molar-refractivity contribution in [2.24, 2.45) is 17.8 Å². The van der Waals surface area contributed by atoms with E-state index in [1.807, 2.05) is 6.92 Å². The van der Waals surface area contributed by atoms with Crippen molar-refractivity contribution >= 4 is 5.97 Å². The van der Waals surface area contributed by atoms with E-state index in [1.165, 1.54) is 32.1 Å². The average Bonchev–Trinajstić information content (AvgIpc) is 2.23. The normalized spacial score (nSPS) is 16.8. The van der Waals surface area contributed by atoms with E-state index in [1.54, 1.807) is 0 Å². The highest BCUT2D eigenvalue weighted by Gasteiger charge is 2.19. The summed E-state index contributed by atoms with van der Waals surface area (Å²) in [6.07, 6.45) is 7.27. The molecule has 3 atom stereocenters. The van der Waals surface area contributed by atoms with Crippen LogP contribution in [-0.4, -0.2) is 11.1 Å². The van der Waals surface area contributed by atoms with Crippen molar-refractivity contribution < 1.29 is 9.90 Å². The minimum atomic E-state index is -0.662. The molecule has 0 aromatic rings. The molecule has 0 rings (SSSR count). The zero-order valence-electron chi connectivity index (χ0n) is 11.3. The third kappa shape index (κ3) is 6.86. The quantitative estimate of drug-likeness (QED) is 0.596. The van der Waals surface area contributed by atoms with Crippen LogP contribution in [0.3, 0.4) is 0 Å². The van der Waals surface area contributed by atoms with Gasteiger partial charge in [-0.3, -0.25) is 4.79 Å². The van der Waals surface area contributed by atoms with Crippen LogP contribution in [0.2, 0.25) is 0 Å². The molecule has 0 aliphatic heterocycles. The van der Waals surface area contributed by atoms with Gasteiger partial charge in [0.25, 0.3) is 0 Å². The fourth-order valence-electron chi connectivity index (χ4n) is 2.07. The Kier molecular flexibility index (Phi) is 8.32. The van der Waals surface area contributed by atoms with Crippen LogP contribution in [0.25, 0.3) is 0 Å². The van der Waals surface area contributed by atoms with Gasteiger partial charge in [-0.25, -0.2) is 0 Å². The summed E-state index contributed by atoms with van der Waals surface area (Å²) < 4.78 is 0. The van der Waals surface area contributed by atoms with Gasteiger partial charge in [0.05, 0.1) is 5.92 Å². The maximum atomic E-state index is 10.8. The molecule has 0 aromatic carbocycles. The van der Waals surface area contributed by atoms with Gasteiger partial charge in [-0.15, -0.1) is 0 Å². The van der Waals surface area contributed by atoms with Crippen molar-refractivity contribution in [2.45, 2.75) is 66.2 Å². The lowest BCUT2D eigenvalue weighted by Crippen LogP contribution is -2.17. The Hall–Kier alpha value is -0.530. The first kappa shape index (κ1) is 15.5. The Morgan fingerprint density at radius 1 is 1.06 bits per heavy atom. The fraction of sp³-hybridized carbons (Fsp3) is 0.929. The van der Waals surface area contributed by atoms with Crippen molar-refractivity contribution in [3.05, 3.63) is 0 Å². The first-order chi connectivity index (χ1) is 7.49. The summed E-state index contributed by atoms with van der Waals surface area (Å²) >= 11 is 0. The van der Waals surface area contributed by atoms with E-state index in [-0.39, 0.29) is 5.92 Å². The third-order valence-corrected chi connectivity index (χ3v) is 3.63. The molecule has 0 fully saturated rings. The highest BCUT2D eigenvalue weighted by Crippen LogP contribution is 2.24. The van der Waals surface area contributed by atoms with Crippen molar-refractivity contribution in [3.8, 4) is 0 Å². The molecule has 2 heteroatoms. The summed E-state index contributed by atoms with van der Waals surface area (Å²) in [5.74, 6) is 0.310. The summed E-state index contributed by atoms with van der Waals surface area (Å²) in [4.78, 5) is 10.8. The van der Waals surface area contributed by atoms with Crippen LogP contribution in [0, 0.1) is 17.8 Å². The monoisotopic (exact) mass is 228 g/mol. The molecule has 96 valence electrons. The number of carboxylic acid groups (broad SMARTS) is 1. The van der Waals surface area contributed by atoms with E-state index in [2.05, 4.69) is 20.8 Å². The number of hydrogen-bond acceptors (Lipinski definition) is 1. The van der Waals surface area contributed by atoms with E-state index in [0.29, 0.717) is 11.8 Å². The number of aliphatic carboxylic acids is 1. The fourth-order valence-corrected chi connectivity index (χ4v) is 2.07. The van der Waals surface area contributed by atoms with Crippen LogP contribution in [-0.2, 0) is 4.79 Å².